The molecule has 96 valence electrons. The van der Waals surface area contributed by atoms with E-state index >= 15 is 0 Å². The van der Waals surface area contributed by atoms with Crippen LogP contribution in [-0.2, 0) is 0 Å². The van der Waals surface area contributed by atoms with Crippen LogP contribution in [0.5, 0.6) is 0 Å². The second-order valence-corrected chi connectivity index (χ2v) is 8.37. The van der Waals surface area contributed by atoms with Crippen LogP contribution in [0, 0.1) is 0 Å². The molecule has 1 saturated heterocycles. The summed E-state index contributed by atoms with van der Waals surface area (Å²) in [6, 6.07) is 2.36. The lowest BCUT2D eigenvalue weighted by Crippen LogP contribution is -2.41. The molecule has 0 saturated carbocycles. The Balaban J connectivity index is 2.19. The van der Waals surface area contributed by atoms with Gasteiger partial charge in [-0.05, 0) is 33.8 Å². The Morgan fingerprint density at radius 1 is 1.53 bits per heavy atom. The molecule has 2 rings (SSSR count). The maximum Gasteiger partial charge on any atom is 0.0693 e. The average Bonchev–Trinajstić information content (AvgIpc) is 2.78. The molecule has 0 spiro atoms. The lowest BCUT2D eigenvalue weighted by molar-refractivity contribution is 0.519. The molecule has 6 heteroatoms. The Morgan fingerprint density at radius 2 is 2.29 bits per heavy atom. The van der Waals surface area contributed by atoms with Crippen molar-refractivity contribution in [2.24, 2.45) is 5.84 Å². The summed E-state index contributed by atoms with van der Waals surface area (Å²) in [7, 11) is 0. The summed E-state index contributed by atoms with van der Waals surface area (Å²) in [5, 5.41) is 3.38. The molecular formula is C11H17BrN2S3. The first-order valence-corrected chi connectivity index (χ1v) is 9.47. The smallest absolute Gasteiger partial charge is 0.0693 e. The highest BCUT2D eigenvalue weighted by Gasteiger charge is 2.33. The van der Waals surface area contributed by atoms with Crippen LogP contribution < -0.4 is 11.3 Å². The Labute approximate surface area is 124 Å². The molecule has 1 aromatic heterocycles. The van der Waals surface area contributed by atoms with Crippen molar-refractivity contribution in [1.29, 1.82) is 0 Å². The second-order valence-electron chi connectivity index (χ2n) is 3.93. The second kappa shape index (κ2) is 6.82. The molecular weight excluding hydrogens is 336 g/mol. The van der Waals surface area contributed by atoms with Gasteiger partial charge in [0.05, 0.1) is 6.04 Å². The molecule has 1 fully saturated rings. The Bertz CT molecular complexity index is 358. The number of thiophene rings is 1. The molecule has 17 heavy (non-hydrogen) atoms. The minimum Gasteiger partial charge on any atom is -0.271 e. The molecule has 1 aromatic rings. The summed E-state index contributed by atoms with van der Waals surface area (Å²) in [5.41, 5.74) is 3.03. The number of rotatable bonds is 4. The van der Waals surface area contributed by atoms with Crippen LogP contribution in [0.1, 0.15) is 24.3 Å². The van der Waals surface area contributed by atoms with E-state index in [1.807, 2.05) is 0 Å². The topological polar surface area (TPSA) is 38.0 Å². The Hall–Kier alpha value is 0.800. The number of hydrogen-bond donors (Lipinski definition) is 2. The quantitative estimate of drug-likeness (QED) is 0.640. The van der Waals surface area contributed by atoms with Crippen molar-refractivity contribution in [2.75, 3.05) is 11.5 Å². The van der Waals surface area contributed by atoms with E-state index in [1.54, 1.807) is 11.3 Å². The first-order valence-electron chi connectivity index (χ1n) is 5.70. The lowest BCUT2D eigenvalue weighted by atomic mass is 10.1. The first-order chi connectivity index (χ1) is 8.27. The predicted octanol–water partition coefficient (Wildman–Crippen LogP) is 3.64. The summed E-state index contributed by atoms with van der Waals surface area (Å²) in [5.74, 6) is 8.29. The highest BCUT2D eigenvalue weighted by molar-refractivity contribution is 9.10. The molecule has 1 aliphatic rings. The minimum absolute atomic E-state index is 0.257. The van der Waals surface area contributed by atoms with Crippen molar-refractivity contribution < 1.29 is 0 Å². The van der Waals surface area contributed by atoms with Gasteiger partial charge in [0.1, 0.15) is 0 Å². The molecule has 2 nitrogen and oxygen atoms in total. The van der Waals surface area contributed by atoms with Gasteiger partial charge in [0, 0.05) is 31.4 Å². The summed E-state index contributed by atoms with van der Waals surface area (Å²) in [6.45, 7) is 2.27. The zero-order valence-electron chi connectivity index (χ0n) is 9.69. The SMILES string of the molecule is CCC1SCCSC1C(NN)c1sccc1Br. The average molecular weight is 353 g/mol. The third kappa shape index (κ3) is 3.22. The maximum absolute atomic E-state index is 5.79. The van der Waals surface area contributed by atoms with Gasteiger partial charge in [-0.15, -0.1) is 11.3 Å². The van der Waals surface area contributed by atoms with E-state index in [2.05, 4.69) is 63.2 Å². The zero-order valence-corrected chi connectivity index (χ0v) is 13.7. The molecule has 0 radical (unpaired) electrons. The molecule has 0 amide bonds. The summed E-state index contributed by atoms with van der Waals surface area (Å²) in [6.07, 6.45) is 1.21. The summed E-state index contributed by atoms with van der Waals surface area (Å²) < 4.78 is 1.18. The van der Waals surface area contributed by atoms with Crippen LogP contribution in [0.2, 0.25) is 0 Å². The molecule has 0 aromatic carbocycles. The van der Waals surface area contributed by atoms with Crippen LogP contribution in [0.15, 0.2) is 15.9 Å². The third-order valence-electron chi connectivity index (χ3n) is 2.93. The van der Waals surface area contributed by atoms with Gasteiger partial charge >= 0.3 is 0 Å². The number of hydrazine groups is 1. The van der Waals surface area contributed by atoms with Gasteiger partial charge in [0.25, 0.3) is 0 Å². The molecule has 2 heterocycles. The van der Waals surface area contributed by atoms with Crippen molar-refractivity contribution in [3.05, 3.63) is 20.8 Å². The lowest BCUT2D eigenvalue weighted by Gasteiger charge is -2.35. The number of thioether (sulfide) groups is 2. The maximum atomic E-state index is 5.79. The molecule has 0 bridgehead atoms. The number of hydrogen-bond acceptors (Lipinski definition) is 5. The van der Waals surface area contributed by atoms with E-state index in [9.17, 15) is 0 Å². The van der Waals surface area contributed by atoms with Gasteiger partial charge < -0.3 is 0 Å². The van der Waals surface area contributed by atoms with E-state index < -0.39 is 0 Å². The number of halogens is 1. The Morgan fingerprint density at radius 3 is 2.88 bits per heavy atom. The monoisotopic (exact) mass is 352 g/mol. The fourth-order valence-corrected chi connectivity index (χ4v) is 7.12. The molecule has 3 unspecified atom stereocenters. The van der Waals surface area contributed by atoms with Crippen LogP contribution in [-0.4, -0.2) is 22.0 Å². The number of nitrogens with one attached hydrogen (secondary N) is 1. The predicted molar refractivity (Wildman–Crippen MR) is 84.9 cm³/mol. The van der Waals surface area contributed by atoms with Crippen molar-refractivity contribution in [3.8, 4) is 0 Å². The van der Waals surface area contributed by atoms with Crippen LogP contribution >= 0.6 is 50.8 Å². The van der Waals surface area contributed by atoms with Gasteiger partial charge in [-0.1, -0.05) is 6.92 Å². The standard InChI is InChI=1S/C11H17BrN2S3/c1-2-8-11(17-6-5-15-8)9(14-13)10-7(12)3-4-16-10/h3-4,8-9,11,14H,2,5-6,13H2,1H3. The normalized spacial score (nSPS) is 27.0. The summed E-state index contributed by atoms with van der Waals surface area (Å²) >= 11 is 9.54. The van der Waals surface area contributed by atoms with Gasteiger partial charge in [-0.2, -0.15) is 23.5 Å². The molecule has 0 aliphatic carbocycles. The van der Waals surface area contributed by atoms with Gasteiger partial charge in [-0.25, -0.2) is 0 Å². The Kier molecular flexibility index (Phi) is 5.70. The van der Waals surface area contributed by atoms with Gasteiger partial charge in [0.15, 0.2) is 0 Å². The van der Waals surface area contributed by atoms with Crippen LogP contribution in [0.25, 0.3) is 0 Å². The van der Waals surface area contributed by atoms with Gasteiger partial charge in [-0.3, -0.25) is 11.3 Å². The van der Waals surface area contributed by atoms with Crippen molar-refractivity contribution in [2.45, 2.75) is 29.9 Å². The third-order valence-corrected chi connectivity index (χ3v) is 8.23. The van der Waals surface area contributed by atoms with Crippen molar-refractivity contribution in [3.63, 3.8) is 0 Å². The van der Waals surface area contributed by atoms with E-state index in [0.717, 1.165) is 0 Å². The number of nitrogens with two attached hydrogens (primary N) is 1. The fraction of sp³-hybridized carbons (Fsp3) is 0.636. The van der Waals surface area contributed by atoms with E-state index in [1.165, 1.54) is 27.3 Å². The highest BCUT2D eigenvalue weighted by atomic mass is 79.9. The van der Waals surface area contributed by atoms with Gasteiger partial charge in [0.2, 0.25) is 0 Å². The van der Waals surface area contributed by atoms with Crippen LogP contribution in [0.3, 0.4) is 0 Å². The molecule has 1 aliphatic heterocycles. The zero-order chi connectivity index (χ0) is 12.3. The van der Waals surface area contributed by atoms with Crippen molar-refractivity contribution in [1.82, 2.24) is 5.43 Å². The fourth-order valence-electron chi connectivity index (χ4n) is 2.09. The van der Waals surface area contributed by atoms with Crippen molar-refractivity contribution >= 4 is 50.8 Å². The molecule has 3 atom stereocenters. The summed E-state index contributed by atoms with van der Waals surface area (Å²) in [4.78, 5) is 1.32. The first kappa shape index (κ1) is 14.2. The van der Waals surface area contributed by atoms with Crippen LogP contribution in [0.4, 0.5) is 0 Å². The van der Waals surface area contributed by atoms with E-state index in [0.29, 0.717) is 10.5 Å². The molecule has 3 N–H and O–H groups in total. The largest absolute Gasteiger partial charge is 0.271 e. The minimum atomic E-state index is 0.257. The van der Waals surface area contributed by atoms with E-state index in [4.69, 9.17) is 5.84 Å². The highest BCUT2D eigenvalue weighted by Crippen LogP contribution is 2.42. The van der Waals surface area contributed by atoms with E-state index in [-0.39, 0.29) is 6.04 Å².